The lowest BCUT2D eigenvalue weighted by Crippen LogP contribution is -1.97. The molecule has 0 aliphatic rings. The molecule has 0 fully saturated rings. The molecule has 2 aromatic rings. The van der Waals surface area contributed by atoms with Crippen LogP contribution in [-0.2, 0) is 0 Å². The lowest BCUT2D eigenvalue weighted by molar-refractivity contribution is 0.0696. The average Bonchev–Trinajstić information content (AvgIpc) is 2.34. The summed E-state index contributed by atoms with van der Waals surface area (Å²) in [6.07, 6.45) is 2.68. The van der Waals surface area contributed by atoms with Crippen LogP contribution in [-0.4, -0.2) is 21.0 Å². The second-order valence-electron chi connectivity index (χ2n) is 3.23. The van der Waals surface area contributed by atoms with E-state index in [1.165, 1.54) is 24.7 Å². The highest BCUT2D eigenvalue weighted by atomic mass is 79.9. The van der Waals surface area contributed by atoms with Gasteiger partial charge < -0.3 is 9.84 Å². The van der Waals surface area contributed by atoms with Gasteiger partial charge in [0.15, 0.2) is 0 Å². The van der Waals surface area contributed by atoms with Crippen molar-refractivity contribution < 1.29 is 14.6 Å². The van der Waals surface area contributed by atoms with Crippen molar-refractivity contribution in [2.45, 2.75) is 0 Å². The molecule has 1 aromatic heterocycles. The van der Waals surface area contributed by atoms with Crippen molar-refractivity contribution in [3.8, 4) is 11.6 Å². The molecule has 0 unspecified atom stereocenters. The molecule has 1 N–H and O–H groups in total. The highest BCUT2D eigenvalue weighted by molar-refractivity contribution is 9.10. The zero-order valence-electron chi connectivity index (χ0n) is 8.80. The van der Waals surface area contributed by atoms with E-state index in [4.69, 9.17) is 21.4 Å². The van der Waals surface area contributed by atoms with Crippen LogP contribution >= 0.6 is 27.5 Å². The number of rotatable bonds is 3. The summed E-state index contributed by atoms with van der Waals surface area (Å²) in [4.78, 5) is 18.4. The van der Waals surface area contributed by atoms with Crippen LogP contribution in [0.4, 0.5) is 0 Å². The van der Waals surface area contributed by atoms with E-state index in [9.17, 15) is 4.79 Å². The second-order valence-corrected chi connectivity index (χ2v) is 4.49. The van der Waals surface area contributed by atoms with Gasteiger partial charge in [0, 0.05) is 0 Å². The quantitative estimate of drug-likeness (QED) is 0.934. The molecule has 0 aliphatic heterocycles. The molecule has 0 saturated carbocycles. The molecule has 0 amide bonds. The monoisotopic (exact) mass is 328 g/mol. The van der Waals surface area contributed by atoms with Gasteiger partial charge in [-0.3, -0.25) is 0 Å². The number of carboxylic acid groups (broad SMARTS) is 1. The first kappa shape index (κ1) is 12.8. The lowest BCUT2D eigenvalue weighted by atomic mass is 10.2. The van der Waals surface area contributed by atoms with Crippen molar-refractivity contribution in [3.63, 3.8) is 0 Å². The van der Waals surface area contributed by atoms with Crippen LogP contribution in [0.25, 0.3) is 0 Å². The fourth-order valence-corrected chi connectivity index (χ4v) is 1.67. The van der Waals surface area contributed by atoms with Crippen LogP contribution in [0.1, 0.15) is 10.4 Å². The average molecular weight is 330 g/mol. The molecule has 0 radical (unpaired) electrons. The van der Waals surface area contributed by atoms with Crippen molar-refractivity contribution in [1.82, 2.24) is 9.97 Å². The van der Waals surface area contributed by atoms with E-state index >= 15 is 0 Å². The van der Waals surface area contributed by atoms with E-state index in [0.717, 1.165) is 0 Å². The summed E-state index contributed by atoms with van der Waals surface area (Å²) in [5.74, 6) is -0.563. The zero-order valence-corrected chi connectivity index (χ0v) is 11.1. The molecule has 2 rings (SSSR count). The van der Waals surface area contributed by atoms with Crippen LogP contribution < -0.4 is 4.74 Å². The minimum absolute atomic E-state index is 0.110. The predicted octanol–water partition coefficient (Wildman–Crippen LogP) is 3.38. The third-order valence-electron chi connectivity index (χ3n) is 2.02. The molecule has 0 atom stereocenters. The summed E-state index contributed by atoms with van der Waals surface area (Å²) in [5, 5.41) is 9.14. The Morgan fingerprint density at radius 2 is 2.22 bits per heavy atom. The summed E-state index contributed by atoms with van der Waals surface area (Å²) < 4.78 is 6.04. The number of carboxylic acids is 1. The Kier molecular flexibility index (Phi) is 3.78. The number of nitrogens with zero attached hydrogens (tertiary/aromatic N) is 2. The molecule has 1 heterocycles. The fourth-order valence-electron chi connectivity index (χ4n) is 1.20. The highest BCUT2D eigenvalue weighted by Gasteiger charge is 2.11. The maximum atomic E-state index is 10.9. The van der Waals surface area contributed by atoms with Gasteiger partial charge in [0.1, 0.15) is 17.1 Å². The molecular formula is C11H6BrClN2O3. The molecule has 0 bridgehead atoms. The van der Waals surface area contributed by atoms with Crippen LogP contribution in [0, 0.1) is 0 Å². The van der Waals surface area contributed by atoms with Crippen molar-refractivity contribution in [3.05, 3.63) is 45.8 Å². The summed E-state index contributed by atoms with van der Waals surface area (Å²) in [6.45, 7) is 0. The van der Waals surface area contributed by atoms with Crippen LogP contribution in [0.2, 0.25) is 5.02 Å². The Morgan fingerprint density at radius 1 is 1.44 bits per heavy atom. The van der Waals surface area contributed by atoms with Crippen LogP contribution in [0.3, 0.4) is 0 Å². The second kappa shape index (κ2) is 5.32. The third-order valence-corrected chi connectivity index (χ3v) is 2.93. The smallest absolute Gasteiger partial charge is 0.335 e. The molecule has 0 aliphatic carbocycles. The van der Waals surface area contributed by atoms with E-state index < -0.39 is 5.97 Å². The molecule has 5 nitrogen and oxygen atoms in total. The van der Waals surface area contributed by atoms with Crippen molar-refractivity contribution >= 4 is 33.5 Å². The van der Waals surface area contributed by atoms with E-state index in [-0.39, 0.29) is 16.5 Å². The number of aromatic carboxylic acids is 1. The van der Waals surface area contributed by atoms with E-state index in [1.807, 2.05) is 0 Å². The summed E-state index contributed by atoms with van der Waals surface area (Å²) in [6, 6.07) is 4.42. The van der Waals surface area contributed by atoms with E-state index in [1.54, 1.807) is 6.07 Å². The first-order chi connectivity index (χ1) is 8.58. The Bertz CT molecular complexity index is 607. The molecule has 0 spiro atoms. The van der Waals surface area contributed by atoms with Crippen molar-refractivity contribution in [2.24, 2.45) is 0 Å². The standard InChI is InChI=1S/C11H6BrClN2O3/c12-7-2-1-6(11(16)17)3-9(7)18-10-8(13)4-14-5-15-10/h1-5H,(H,16,17). The number of hydrogen-bond acceptors (Lipinski definition) is 4. The van der Waals surface area contributed by atoms with Gasteiger partial charge in [0.2, 0.25) is 5.88 Å². The Balaban J connectivity index is 2.37. The maximum absolute atomic E-state index is 10.9. The van der Waals surface area contributed by atoms with Gasteiger partial charge in [0.25, 0.3) is 0 Å². The minimum Gasteiger partial charge on any atom is -0.478 e. The number of carbonyl (C=O) groups is 1. The number of benzene rings is 1. The van der Waals surface area contributed by atoms with Gasteiger partial charge in [-0.2, -0.15) is 0 Å². The molecule has 18 heavy (non-hydrogen) atoms. The number of hydrogen-bond donors (Lipinski definition) is 1. The minimum atomic E-state index is -1.04. The first-order valence-corrected chi connectivity index (χ1v) is 5.91. The Hall–Kier alpha value is -1.66. The molecule has 0 saturated heterocycles. The van der Waals surface area contributed by atoms with Gasteiger partial charge >= 0.3 is 5.97 Å². The zero-order chi connectivity index (χ0) is 13.1. The normalized spacial score (nSPS) is 10.1. The molecule has 1 aromatic carbocycles. The third kappa shape index (κ3) is 2.77. The van der Waals surface area contributed by atoms with Gasteiger partial charge in [-0.05, 0) is 34.1 Å². The topological polar surface area (TPSA) is 72.3 Å². The van der Waals surface area contributed by atoms with Crippen LogP contribution in [0.15, 0.2) is 35.2 Å². The van der Waals surface area contributed by atoms with Gasteiger partial charge in [-0.25, -0.2) is 14.8 Å². The molecular weight excluding hydrogens is 323 g/mol. The fraction of sp³-hybridized carbons (Fsp3) is 0. The van der Waals surface area contributed by atoms with Crippen LogP contribution in [0.5, 0.6) is 11.6 Å². The number of ether oxygens (including phenoxy) is 1. The first-order valence-electron chi connectivity index (χ1n) is 4.74. The maximum Gasteiger partial charge on any atom is 0.335 e. The highest BCUT2D eigenvalue weighted by Crippen LogP contribution is 2.32. The van der Waals surface area contributed by atoms with E-state index in [2.05, 4.69) is 25.9 Å². The van der Waals surface area contributed by atoms with Gasteiger partial charge in [0.05, 0.1) is 16.2 Å². The largest absolute Gasteiger partial charge is 0.478 e. The molecule has 7 heteroatoms. The molecule has 92 valence electrons. The SMILES string of the molecule is O=C(O)c1ccc(Br)c(Oc2ncncc2Cl)c1. The lowest BCUT2D eigenvalue weighted by Gasteiger charge is -2.08. The van der Waals surface area contributed by atoms with Gasteiger partial charge in [-0.1, -0.05) is 11.6 Å². The Labute approximate surface area is 116 Å². The van der Waals surface area contributed by atoms with Crippen molar-refractivity contribution in [1.29, 1.82) is 0 Å². The number of halogens is 2. The number of aromatic nitrogens is 2. The van der Waals surface area contributed by atoms with Crippen molar-refractivity contribution in [2.75, 3.05) is 0 Å². The van der Waals surface area contributed by atoms with Gasteiger partial charge in [-0.15, -0.1) is 0 Å². The summed E-state index contributed by atoms with van der Waals surface area (Å²) in [5.41, 5.74) is 0.110. The predicted molar refractivity (Wildman–Crippen MR) is 68.2 cm³/mol. The summed E-state index contributed by atoms with van der Waals surface area (Å²) >= 11 is 9.10. The van der Waals surface area contributed by atoms with E-state index in [0.29, 0.717) is 10.2 Å². The summed E-state index contributed by atoms with van der Waals surface area (Å²) in [7, 11) is 0. The Morgan fingerprint density at radius 3 is 2.89 bits per heavy atom.